The lowest BCUT2D eigenvalue weighted by atomic mass is 10.2. The first-order chi connectivity index (χ1) is 6.79. The van der Waals surface area contributed by atoms with Crippen LogP contribution < -0.4 is 11.1 Å². The number of nitro benzene ring substituents is 1. The van der Waals surface area contributed by atoms with Crippen LogP contribution in [0.2, 0.25) is 0 Å². The highest BCUT2D eigenvalue weighted by Gasteiger charge is 2.06. The molecule has 1 aromatic carbocycles. The van der Waals surface area contributed by atoms with Crippen LogP contribution in [-0.4, -0.2) is 11.9 Å². The van der Waals surface area contributed by atoms with Gasteiger partial charge in [-0.2, -0.15) is 0 Å². The summed E-state index contributed by atoms with van der Waals surface area (Å²) in [5.41, 5.74) is 5.43. The first-order valence-corrected chi connectivity index (χ1v) is 3.12. The van der Waals surface area contributed by atoms with Gasteiger partial charge in [0.2, 0.25) is 0 Å². The third-order valence-corrected chi connectivity index (χ3v) is 1.38. The molecule has 0 unspecified atom stereocenters. The van der Waals surface area contributed by atoms with E-state index in [-0.39, 0.29) is 17.1 Å². The number of nitrogens with zero attached hydrogens (tertiary/aromatic N) is 1. The summed E-state index contributed by atoms with van der Waals surface area (Å²) in [5.74, 6) is 0. The number of nitrogen functional groups attached to an aromatic ring is 1. The van der Waals surface area contributed by atoms with Crippen LogP contribution in [0.5, 0.6) is 0 Å². The van der Waals surface area contributed by atoms with E-state index in [9.17, 15) is 10.1 Å². The van der Waals surface area contributed by atoms with E-state index in [2.05, 4.69) is 5.32 Å². The normalized spacial score (nSPS) is 14.2. The van der Waals surface area contributed by atoms with Crippen molar-refractivity contribution in [2.45, 2.75) is 0 Å². The molecule has 0 radical (unpaired) electrons. The lowest BCUT2D eigenvalue weighted by Crippen LogP contribution is -1.97. The molecule has 0 saturated carbocycles. The van der Waals surface area contributed by atoms with Crippen molar-refractivity contribution in [3.05, 3.63) is 28.3 Å². The Labute approximate surface area is 73.6 Å². The Morgan fingerprint density at radius 1 is 1.75 bits per heavy atom. The predicted molar refractivity (Wildman–Crippen MR) is 47.1 cm³/mol. The van der Waals surface area contributed by atoms with Crippen molar-refractivity contribution in [1.82, 2.24) is 0 Å². The van der Waals surface area contributed by atoms with Gasteiger partial charge in [-0.05, 0) is 6.07 Å². The average molecular weight is 170 g/mol. The molecule has 0 spiro atoms. The van der Waals surface area contributed by atoms with Gasteiger partial charge in [0, 0.05) is 23.2 Å². The quantitative estimate of drug-likeness (QED) is 0.397. The van der Waals surface area contributed by atoms with Crippen molar-refractivity contribution in [3.8, 4) is 0 Å². The molecule has 1 aromatic rings. The Bertz CT molecular complexity index is 392. The van der Waals surface area contributed by atoms with Crippen LogP contribution >= 0.6 is 0 Å². The maximum atomic E-state index is 10.4. The molecule has 3 N–H and O–H groups in total. The number of nitro groups is 1. The van der Waals surface area contributed by atoms with Gasteiger partial charge >= 0.3 is 0 Å². The lowest BCUT2D eigenvalue weighted by molar-refractivity contribution is -0.384. The van der Waals surface area contributed by atoms with Crippen molar-refractivity contribution < 1.29 is 9.04 Å². The summed E-state index contributed by atoms with van der Waals surface area (Å²) in [4.78, 5) is 9.81. The van der Waals surface area contributed by atoms with Crippen LogP contribution in [-0.2, 0) is 0 Å². The van der Waals surface area contributed by atoms with Crippen LogP contribution in [0.1, 0.15) is 4.11 Å². The maximum absolute atomic E-state index is 10.4. The molecule has 0 bridgehead atoms. The Morgan fingerprint density at radius 3 is 3.08 bits per heavy atom. The summed E-state index contributed by atoms with van der Waals surface area (Å²) in [6.07, 6.45) is 0. The molecule has 5 nitrogen and oxygen atoms in total. The molecule has 5 heteroatoms. The number of hydrogen-bond donors (Lipinski definition) is 2. The topological polar surface area (TPSA) is 81.2 Å². The summed E-state index contributed by atoms with van der Waals surface area (Å²) in [6, 6.07) is 3.58. The minimum atomic E-state index is -2.43. The molecule has 0 atom stereocenters. The monoisotopic (exact) mass is 170 g/mol. The second kappa shape index (κ2) is 3.08. The Hall–Kier alpha value is -1.78. The molecule has 0 aliphatic rings. The molecule has 64 valence electrons. The first kappa shape index (κ1) is 4.97. The van der Waals surface area contributed by atoms with Crippen LogP contribution in [0.4, 0.5) is 17.1 Å². The van der Waals surface area contributed by atoms with E-state index in [0.29, 0.717) is 0 Å². The van der Waals surface area contributed by atoms with Crippen molar-refractivity contribution in [2.24, 2.45) is 0 Å². The Morgan fingerprint density at radius 2 is 2.50 bits per heavy atom. The second-order valence-corrected chi connectivity index (χ2v) is 2.15. The number of hydrogen-bond acceptors (Lipinski definition) is 4. The molecule has 12 heavy (non-hydrogen) atoms. The number of nitrogens with one attached hydrogen (secondary N) is 1. The smallest absolute Gasteiger partial charge is 0.271 e. The predicted octanol–water partition coefficient (Wildman–Crippen LogP) is 1.22. The third kappa shape index (κ3) is 1.45. The van der Waals surface area contributed by atoms with Crippen LogP contribution in [0.15, 0.2) is 18.2 Å². The number of nitrogens with two attached hydrogens (primary N) is 1. The third-order valence-electron chi connectivity index (χ3n) is 1.38. The molecule has 0 aliphatic heterocycles. The summed E-state index contributed by atoms with van der Waals surface area (Å²) in [7, 11) is 0. The zero-order chi connectivity index (χ0) is 11.6. The van der Waals surface area contributed by atoms with E-state index in [4.69, 9.17) is 9.85 Å². The number of non-ortho nitro benzene ring substituents is 1. The van der Waals surface area contributed by atoms with E-state index >= 15 is 0 Å². The van der Waals surface area contributed by atoms with Crippen LogP contribution in [0.3, 0.4) is 0 Å². The lowest BCUT2D eigenvalue weighted by Gasteiger charge is -2.02. The summed E-state index contributed by atoms with van der Waals surface area (Å²) in [5, 5.41) is 12.5. The molecule has 0 heterocycles. The molecule has 0 fully saturated rings. The molecular formula is C7H9N3O2. The zero-order valence-corrected chi connectivity index (χ0v) is 6.07. The van der Waals surface area contributed by atoms with Gasteiger partial charge in [-0.25, -0.2) is 0 Å². The minimum Gasteiger partial charge on any atom is -0.397 e. The van der Waals surface area contributed by atoms with Gasteiger partial charge in [0.05, 0.1) is 16.3 Å². The number of benzene rings is 1. The van der Waals surface area contributed by atoms with E-state index < -0.39 is 11.9 Å². The van der Waals surface area contributed by atoms with Gasteiger partial charge in [-0.1, -0.05) is 0 Å². The fourth-order valence-electron chi connectivity index (χ4n) is 0.766. The largest absolute Gasteiger partial charge is 0.397 e. The van der Waals surface area contributed by atoms with E-state index in [1.165, 1.54) is 12.1 Å². The fourth-order valence-corrected chi connectivity index (χ4v) is 0.766. The van der Waals surface area contributed by atoms with Crippen LogP contribution in [0.25, 0.3) is 0 Å². The van der Waals surface area contributed by atoms with Crippen molar-refractivity contribution in [3.63, 3.8) is 0 Å². The van der Waals surface area contributed by atoms with Crippen LogP contribution in [0, 0.1) is 10.1 Å². The summed E-state index contributed by atoms with van der Waals surface area (Å²) < 4.78 is 20.8. The average Bonchev–Trinajstić information content (AvgIpc) is 2.06. The summed E-state index contributed by atoms with van der Waals surface area (Å²) in [6.45, 7) is -2.43. The zero-order valence-electron chi connectivity index (χ0n) is 9.07. The minimum absolute atomic E-state index is 0.0317. The van der Waals surface area contributed by atoms with Gasteiger partial charge in [0.25, 0.3) is 5.69 Å². The second-order valence-electron chi connectivity index (χ2n) is 2.15. The highest BCUT2D eigenvalue weighted by molar-refractivity contribution is 5.69. The SMILES string of the molecule is [2H]C([2H])([2H])Nc1cc([N+](=O)[O-])ccc1N. The number of anilines is 2. The maximum Gasteiger partial charge on any atom is 0.271 e. The first-order valence-electron chi connectivity index (χ1n) is 4.62. The highest BCUT2D eigenvalue weighted by atomic mass is 16.6. The van der Waals surface area contributed by atoms with Gasteiger partial charge in [-0.3, -0.25) is 10.1 Å². The Kier molecular flexibility index (Phi) is 1.28. The van der Waals surface area contributed by atoms with Crippen molar-refractivity contribution in [1.29, 1.82) is 0 Å². The fraction of sp³-hybridized carbons (Fsp3) is 0.143. The molecule has 0 aliphatic carbocycles. The highest BCUT2D eigenvalue weighted by Crippen LogP contribution is 2.23. The van der Waals surface area contributed by atoms with Gasteiger partial charge in [0.15, 0.2) is 0 Å². The van der Waals surface area contributed by atoms with Gasteiger partial charge < -0.3 is 11.1 Å². The molecule has 0 aromatic heterocycles. The van der Waals surface area contributed by atoms with E-state index in [1.54, 1.807) is 0 Å². The molecule has 0 saturated heterocycles. The summed E-state index contributed by atoms with van der Waals surface area (Å²) >= 11 is 0. The van der Waals surface area contributed by atoms with Crippen molar-refractivity contribution >= 4 is 17.1 Å². The standard InChI is InChI=1S/C7H9N3O2/c1-9-7-4-5(10(11)12)2-3-6(7)8/h2-4,9H,8H2,1H3/i1D3. The number of rotatable bonds is 2. The van der Waals surface area contributed by atoms with Crippen molar-refractivity contribution in [2.75, 3.05) is 18.0 Å². The van der Waals surface area contributed by atoms with Gasteiger partial charge in [0.1, 0.15) is 0 Å². The Balaban J connectivity index is 3.06. The van der Waals surface area contributed by atoms with E-state index in [1.807, 2.05) is 0 Å². The molecule has 1 rings (SSSR count). The molecular weight excluding hydrogens is 158 g/mol. The molecule has 0 amide bonds. The van der Waals surface area contributed by atoms with E-state index in [0.717, 1.165) is 6.07 Å². The van der Waals surface area contributed by atoms with Gasteiger partial charge in [-0.15, -0.1) is 0 Å².